The molecular weight excluding hydrogens is 342 g/mol. The van der Waals surface area contributed by atoms with Crippen LogP contribution in [-0.4, -0.2) is 38.2 Å². The summed E-state index contributed by atoms with van der Waals surface area (Å²) in [5.41, 5.74) is 3.10. The molecule has 0 saturated carbocycles. The van der Waals surface area contributed by atoms with Crippen molar-refractivity contribution >= 4 is 23.2 Å². The van der Waals surface area contributed by atoms with Crippen molar-refractivity contribution in [1.29, 1.82) is 0 Å². The first-order valence-electron chi connectivity index (χ1n) is 7.83. The van der Waals surface area contributed by atoms with E-state index in [1.54, 1.807) is 41.8 Å². The van der Waals surface area contributed by atoms with Crippen LogP contribution in [0.2, 0.25) is 5.02 Å². The van der Waals surface area contributed by atoms with Crippen molar-refractivity contribution in [3.63, 3.8) is 0 Å². The molecule has 1 amide bonds. The SMILES string of the molecule is CC(O)CNC(=O)c1ccc2nc(-c3ccc(Cl)cc3)c(CO)n2c1. The molecule has 0 radical (unpaired) electrons. The fourth-order valence-electron chi connectivity index (χ4n) is 2.56. The largest absolute Gasteiger partial charge is 0.392 e. The first kappa shape index (κ1) is 17.4. The minimum Gasteiger partial charge on any atom is -0.392 e. The molecule has 3 aromatic rings. The number of imidazole rings is 1. The van der Waals surface area contributed by atoms with Gasteiger partial charge in [0.15, 0.2) is 0 Å². The molecule has 7 heteroatoms. The molecule has 6 nitrogen and oxygen atoms in total. The third-order valence-corrected chi connectivity index (χ3v) is 4.06. The Labute approximate surface area is 149 Å². The Bertz CT molecular complexity index is 904. The van der Waals surface area contributed by atoms with E-state index in [9.17, 15) is 15.0 Å². The third-order valence-electron chi connectivity index (χ3n) is 3.81. The van der Waals surface area contributed by atoms with Crippen molar-refractivity contribution in [3.8, 4) is 11.3 Å². The van der Waals surface area contributed by atoms with E-state index in [1.807, 2.05) is 12.1 Å². The maximum atomic E-state index is 12.2. The molecule has 1 unspecified atom stereocenters. The van der Waals surface area contributed by atoms with Gasteiger partial charge in [-0.2, -0.15) is 0 Å². The standard InChI is InChI=1S/C18H18ClN3O3/c1-11(24)8-20-18(25)13-4-7-16-21-17(15(10-23)22(16)9-13)12-2-5-14(19)6-3-12/h2-7,9,11,23-24H,8,10H2,1H3,(H,20,25). The number of rotatable bonds is 5. The summed E-state index contributed by atoms with van der Waals surface area (Å²) in [6, 6.07) is 10.6. The number of halogens is 1. The second-order valence-corrected chi connectivity index (χ2v) is 6.21. The Balaban J connectivity index is 2.02. The summed E-state index contributed by atoms with van der Waals surface area (Å²) in [6.07, 6.45) is 1.01. The number of nitrogens with one attached hydrogen (secondary N) is 1. The number of hydrogen-bond acceptors (Lipinski definition) is 4. The second-order valence-electron chi connectivity index (χ2n) is 5.78. The normalized spacial score (nSPS) is 12.3. The Morgan fingerprint density at radius 3 is 2.64 bits per heavy atom. The summed E-state index contributed by atoms with van der Waals surface area (Å²) in [7, 11) is 0. The number of amides is 1. The van der Waals surface area contributed by atoms with Crippen LogP contribution in [0, 0.1) is 0 Å². The first-order valence-corrected chi connectivity index (χ1v) is 8.21. The van der Waals surface area contributed by atoms with Crippen LogP contribution in [0.25, 0.3) is 16.9 Å². The summed E-state index contributed by atoms with van der Waals surface area (Å²) in [6.45, 7) is 1.54. The predicted octanol–water partition coefficient (Wildman–Crippen LogP) is 2.26. The summed E-state index contributed by atoms with van der Waals surface area (Å²) in [4.78, 5) is 16.7. The van der Waals surface area contributed by atoms with Gasteiger partial charge in [0.1, 0.15) is 5.65 Å². The number of aliphatic hydroxyl groups is 2. The van der Waals surface area contributed by atoms with Gasteiger partial charge in [-0.25, -0.2) is 4.98 Å². The number of aliphatic hydroxyl groups excluding tert-OH is 2. The van der Waals surface area contributed by atoms with Gasteiger partial charge >= 0.3 is 0 Å². The average Bonchev–Trinajstić information content (AvgIpc) is 2.97. The van der Waals surface area contributed by atoms with Gasteiger partial charge in [0, 0.05) is 23.3 Å². The van der Waals surface area contributed by atoms with Crippen LogP contribution in [0.1, 0.15) is 23.0 Å². The van der Waals surface area contributed by atoms with Crippen molar-refractivity contribution in [3.05, 3.63) is 58.9 Å². The van der Waals surface area contributed by atoms with Gasteiger partial charge in [0.25, 0.3) is 5.91 Å². The number of hydrogen-bond donors (Lipinski definition) is 3. The minimum absolute atomic E-state index is 0.170. The van der Waals surface area contributed by atoms with Crippen molar-refractivity contribution < 1.29 is 15.0 Å². The monoisotopic (exact) mass is 359 g/mol. The second kappa shape index (κ2) is 7.23. The van der Waals surface area contributed by atoms with Gasteiger partial charge < -0.3 is 19.9 Å². The molecule has 1 atom stereocenters. The van der Waals surface area contributed by atoms with Crippen LogP contribution in [0.15, 0.2) is 42.6 Å². The van der Waals surface area contributed by atoms with Crippen LogP contribution in [-0.2, 0) is 6.61 Å². The maximum Gasteiger partial charge on any atom is 0.252 e. The average molecular weight is 360 g/mol. The van der Waals surface area contributed by atoms with E-state index >= 15 is 0 Å². The van der Waals surface area contributed by atoms with E-state index in [4.69, 9.17) is 11.6 Å². The van der Waals surface area contributed by atoms with E-state index in [0.29, 0.717) is 27.6 Å². The maximum absolute atomic E-state index is 12.2. The lowest BCUT2D eigenvalue weighted by atomic mass is 10.1. The zero-order valence-corrected chi connectivity index (χ0v) is 14.4. The van der Waals surface area contributed by atoms with Gasteiger partial charge in [-0.15, -0.1) is 0 Å². The van der Waals surface area contributed by atoms with E-state index < -0.39 is 6.10 Å². The quantitative estimate of drug-likeness (QED) is 0.652. The van der Waals surface area contributed by atoms with Crippen LogP contribution in [0.3, 0.4) is 0 Å². The topological polar surface area (TPSA) is 86.9 Å². The van der Waals surface area contributed by atoms with Gasteiger partial charge in [-0.05, 0) is 31.2 Å². The number of carbonyl (C=O) groups is 1. The summed E-state index contributed by atoms with van der Waals surface area (Å²) < 4.78 is 1.70. The highest BCUT2D eigenvalue weighted by Gasteiger charge is 2.15. The highest BCUT2D eigenvalue weighted by atomic mass is 35.5. The molecule has 2 heterocycles. The third kappa shape index (κ3) is 3.66. The number of pyridine rings is 1. The molecule has 0 aliphatic rings. The molecule has 0 spiro atoms. The number of nitrogens with zero attached hydrogens (tertiary/aromatic N) is 2. The zero-order chi connectivity index (χ0) is 18.0. The van der Waals surface area contributed by atoms with E-state index in [-0.39, 0.29) is 19.1 Å². The molecular formula is C18H18ClN3O3. The van der Waals surface area contributed by atoms with E-state index in [0.717, 1.165) is 5.56 Å². The molecule has 0 aliphatic carbocycles. The Morgan fingerprint density at radius 2 is 2.00 bits per heavy atom. The molecule has 1 aromatic carbocycles. The fourth-order valence-corrected chi connectivity index (χ4v) is 2.69. The van der Waals surface area contributed by atoms with Gasteiger partial charge in [-0.3, -0.25) is 4.79 Å². The Morgan fingerprint density at radius 1 is 1.28 bits per heavy atom. The van der Waals surface area contributed by atoms with Crippen LogP contribution in [0.5, 0.6) is 0 Å². The van der Waals surface area contributed by atoms with E-state index in [1.165, 1.54) is 0 Å². The molecule has 25 heavy (non-hydrogen) atoms. The summed E-state index contributed by atoms with van der Waals surface area (Å²) in [5, 5.41) is 22.4. The lowest BCUT2D eigenvalue weighted by molar-refractivity contribution is 0.0923. The Kier molecular flexibility index (Phi) is 5.03. The van der Waals surface area contributed by atoms with Crippen LogP contribution < -0.4 is 5.32 Å². The summed E-state index contributed by atoms with van der Waals surface area (Å²) in [5.74, 6) is -0.298. The van der Waals surface area contributed by atoms with Crippen molar-refractivity contribution in [2.75, 3.05) is 6.54 Å². The lowest BCUT2D eigenvalue weighted by Crippen LogP contribution is -2.30. The highest BCUT2D eigenvalue weighted by Crippen LogP contribution is 2.26. The van der Waals surface area contributed by atoms with Crippen molar-refractivity contribution in [1.82, 2.24) is 14.7 Å². The van der Waals surface area contributed by atoms with E-state index in [2.05, 4.69) is 10.3 Å². The zero-order valence-electron chi connectivity index (χ0n) is 13.6. The molecule has 130 valence electrons. The Hall–Kier alpha value is -2.41. The fraction of sp³-hybridized carbons (Fsp3) is 0.222. The predicted molar refractivity (Wildman–Crippen MR) is 95.6 cm³/mol. The minimum atomic E-state index is -0.620. The molecule has 0 saturated heterocycles. The number of benzene rings is 1. The van der Waals surface area contributed by atoms with Crippen LogP contribution in [0.4, 0.5) is 0 Å². The van der Waals surface area contributed by atoms with Gasteiger partial charge in [0.2, 0.25) is 0 Å². The van der Waals surface area contributed by atoms with Crippen molar-refractivity contribution in [2.45, 2.75) is 19.6 Å². The molecule has 0 fully saturated rings. The molecule has 0 aliphatic heterocycles. The van der Waals surface area contributed by atoms with Crippen molar-refractivity contribution in [2.24, 2.45) is 0 Å². The molecule has 3 rings (SSSR count). The van der Waals surface area contributed by atoms with Gasteiger partial charge in [-0.1, -0.05) is 23.7 Å². The first-order chi connectivity index (χ1) is 12.0. The van der Waals surface area contributed by atoms with Gasteiger partial charge in [0.05, 0.1) is 29.7 Å². The molecule has 2 aromatic heterocycles. The number of aromatic nitrogens is 2. The molecule has 3 N–H and O–H groups in total. The molecule has 0 bridgehead atoms. The smallest absolute Gasteiger partial charge is 0.252 e. The highest BCUT2D eigenvalue weighted by molar-refractivity contribution is 6.30. The lowest BCUT2D eigenvalue weighted by Gasteiger charge is -2.08. The number of carbonyl (C=O) groups excluding carboxylic acids is 1. The summed E-state index contributed by atoms with van der Waals surface area (Å²) >= 11 is 5.92. The number of fused-ring (bicyclic) bond motifs is 1. The van der Waals surface area contributed by atoms with Crippen LogP contribution >= 0.6 is 11.6 Å².